The molecule has 30 heavy (non-hydrogen) atoms. The fraction of sp³-hybridized carbons (Fsp3) is 0.182. The monoisotopic (exact) mass is 404 g/mol. The van der Waals surface area contributed by atoms with Gasteiger partial charge < -0.3 is 14.8 Å². The number of benzene rings is 1. The Hall–Kier alpha value is -4.12. The number of carbonyl (C=O) groups excluding carboxylic acids is 1. The molecule has 152 valence electrons. The van der Waals surface area contributed by atoms with E-state index in [4.69, 9.17) is 9.47 Å². The van der Waals surface area contributed by atoms with Gasteiger partial charge in [-0.25, -0.2) is 0 Å². The first kappa shape index (κ1) is 20.6. The van der Waals surface area contributed by atoms with Gasteiger partial charge in [0.15, 0.2) is 0 Å². The minimum absolute atomic E-state index is 0.00304. The molecule has 0 radical (unpaired) electrons. The minimum atomic E-state index is -0.580. The van der Waals surface area contributed by atoms with Crippen LogP contribution in [0.5, 0.6) is 17.4 Å². The molecule has 0 saturated carbocycles. The van der Waals surface area contributed by atoms with E-state index in [1.54, 1.807) is 50.6 Å². The Balaban J connectivity index is 2.21. The van der Waals surface area contributed by atoms with Gasteiger partial charge in [-0.1, -0.05) is 6.07 Å². The van der Waals surface area contributed by atoms with Crippen LogP contribution in [0.3, 0.4) is 0 Å². The average Bonchev–Trinajstić information content (AvgIpc) is 2.75. The quantitative estimate of drug-likeness (QED) is 0.500. The van der Waals surface area contributed by atoms with Crippen molar-refractivity contribution in [3.8, 4) is 23.4 Å². The van der Waals surface area contributed by atoms with Gasteiger partial charge in [0.25, 0.3) is 11.5 Å². The Morgan fingerprint density at radius 2 is 1.97 bits per heavy atom. The van der Waals surface area contributed by atoms with E-state index in [1.165, 1.54) is 10.5 Å². The minimum Gasteiger partial charge on any atom is -0.497 e. The highest BCUT2D eigenvalue weighted by molar-refractivity contribution is 6.01. The van der Waals surface area contributed by atoms with Gasteiger partial charge >= 0.3 is 0 Å². The lowest BCUT2D eigenvalue weighted by Crippen LogP contribution is -2.25. The number of fused-ring (bicyclic) bond motifs is 1. The molecule has 1 amide bonds. The number of rotatable bonds is 6. The smallest absolute Gasteiger partial charge is 0.269 e. The maximum Gasteiger partial charge on any atom is 0.269 e. The topological polar surface area (TPSA) is 106 Å². The number of ether oxygens (including phenoxy) is 2. The fourth-order valence-electron chi connectivity index (χ4n) is 2.80. The van der Waals surface area contributed by atoms with Gasteiger partial charge in [-0.2, -0.15) is 10.2 Å². The predicted octanol–water partition coefficient (Wildman–Crippen LogP) is 2.85. The van der Waals surface area contributed by atoms with Gasteiger partial charge in [-0.15, -0.1) is 0 Å². The van der Waals surface area contributed by atoms with E-state index in [0.717, 1.165) is 5.56 Å². The van der Waals surface area contributed by atoms with Gasteiger partial charge in [0.05, 0.1) is 7.11 Å². The van der Waals surface area contributed by atoms with Crippen molar-refractivity contribution in [2.45, 2.75) is 13.8 Å². The number of hydrogen-bond donors (Lipinski definition) is 1. The Morgan fingerprint density at radius 3 is 2.60 bits per heavy atom. The first-order valence-corrected chi connectivity index (χ1v) is 9.22. The number of aromatic nitrogens is 2. The van der Waals surface area contributed by atoms with E-state index in [-0.39, 0.29) is 17.0 Å². The molecule has 0 spiro atoms. The maximum atomic E-state index is 13.2. The van der Waals surface area contributed by atoms with E-state index in [1.807, 2.05) is 19.1 Å². The summed E-state index contributed by atoms with van der Waals surface area (Å²) in [6, 6.07) is 12.1. The number of nitriles is 1. The van der Waals surface area contributed by atoms with E-state index in [2.05, 4.69) is 10.3 Å². The number of nitrogens with one attached hydrogen (secondary N) is 1. The SMILES string of the molecule is CCNC(=O)/C(C#N)=C/c1c(Oc2ccc(OC)cc2)nc2c(C)cccn2c1=O. The van der Waals surface area contributed by atoms with Crippen LogP contribution >= 0.6 is 0 Å². The molecule has 1 aromatic carbocycles. The van der Waals surface area contributed by atoms with E-state index in [9.17, 15) is 14.9 Å². The number of methoxy groups -OCH3 is 1. The summed E-state index contributed by atoms with van der Waals surface area (Å²) in [5, 5.41) is 12.0. The van der Waals surface area contributed by atoms with Crippen LogP contribution in [0.2, 0.25) is 0 Å². The van der Waals surface area contributed by atoms with E-state index in [0.29, 0.717) is 23.7 Å². The van der Waals surface area contributed by atoms with Crippen molar-refractivity contribution in [1.29, 1.82) is 5.26 Å². The zero-order valence-electron chi connectivity index (χ0n) is 16.8. The van der Waals surface area contributed by atoms with Crippen LogP contribution in [0, 0.1) is 18.3 Å². The average molecular weight is 404 g/mol. The van der Waals surface area contributed by atoms with Crippen molar-refractivity contribution >= 4 is 17.6 Å². The van der Waals surface area contributed by atoms with Crippen LogP contribution in [0.25, 0.3) is 11.7 Å². The zero-order valence-corrected chi connectivity index (χ0v) is 16.8. The van der Waals surface area contributed by atoms with Crippen molar-refractivity contribution in [2.75, 3.05) is 13.7 Å². The summed E-state index contributed by atoms with van der Waals surface area (Å²) in [6.45, 7) is 3.91. The molecule has 0 atom stereocenters. The summed E-state index contributed by atoms with van der Waals surface area (Å²) >= 11 is 0. The van der Waals surface area contributed by atoms with E-state index < -0.39 is 11.5 Å². The van der Waals surface area contributed by atoms with Gasteiger partial charge in [0.2, 0.25) is 5.88 Å². The fourth-order valence-corrected chi connectivity index (χ4v) is 2.80. The van der Waals surface area contributed by atoms with Crippen LogP contribution in [-0.4, -0.2) is 28.9 Å². The number of aryl methyl sites for hydroxylation is 1. The molecular formula is C22H20N4O4. The van der Waals surface area contributed by atoms with Crippen LogP contribution < -0.4 is 20.3 Å². The van der Waals surface area contributed by atoms with E-state index >= 15 is 0 Å². The van der Waals surface area contributed by atoms with Crippen LogP contribution in [-0.2, 0) is 4.79 Å². The number of likely N-dealkylation sites (N-methyl/N-ethyl adjacent to an activating group) is 1. The molecular weight excluding hydrogens is 384 g/mol. The van der Waals surface area contributed by atoms with Gasteiger partial charge in [-0.05, 0) is 55.8 Å². The second kappa shape index (κ2) is 8.92. The summed E-state index contributed by atoms with van der Waals surface area (Å²) in [5.41, 5.74) is 0.512. The molecule has 0 aliphatic rings. The number of hydrogen-bond acceptors (Lipinski definition) is 6. The summed E-state index contributed by atoms with van der Waals surface area (Å²) in [7, 11) is 1.55. The highest BCUT2D eigenvalue weighted by Gasteiger charge is 2.17. The third kappa shape index (κ3) is 4.15. The normalized spacial score (nSPS) is 11.1. The molecule has 2 aromatic heterocycles. The predicted molar refractivity (Wildman–Crippen MR) is 112 cm³/mol. The molecule has 0 saturated heterocycles. The van der Waals surface area contributed by atoms with Crippen LogP contribution in [0.1, 0.15) is 18.1 Å². The van der Waals surface area contributed by atoms with Gasteiger partial charge in [0, 0.05) is 12.7 Å². The molecule has 0 bridgehead atoms. The Kier molecular flexibility index (Phi) is 6.13. The Morgan fingerprint density at radius 1 is 1.27 bits per heavy atom. The molecule has 0 unspecified atom stereocenters. The summed E-state index contributed by atoms with van der Waals surface area (Å²) in [4.78, 5) is 29.8. The number of nitrogens with zero attached hydrogens (tertiary/aromatic N) is 3. The third-order valence-corrected chi connectivity index (χ3v) is 4.31. The zero-order chi connectivity index (χ0) is 21.7. The Bertz CT molecular complexity index is 1220. The lowest BCUT2D eigenvalue weighted by atomic mass is 10.1. The van der Waals surface area contributed by atoms with Crippen LogP contribution in [0.15, 0.2) is 53.0 Å². The molecule has 0 aliphatic heterocycles. The highest BCUT2D eigenvalue weighted by Crippen LogP contribution is 2.26. The molecule has 8 nitrogen and oxygen atoms in total. The van der Waals surface area contributed by atoms with Crippen molar-refractivity contribution in [1.82, 2.24) is 14.7 Å². The van der Waals surface area contributed by atoms with Crippen molar-refractivity contribution in [2.24, 2.45) is 0 Å². The first-order valence-electron chi connectivity index (χ1n) is 9.22. The molecule has 3 rings (SSSR count). The highest BCUT2D eigenvalue weighted by atomic mass is 16.5. The van der Waals surface area contributed by atoms with Crippen molar-refractivity contribution in [3.63, 3.8) is 0 Å². The lowest BCUT2D eigenvalue weighted by molar-refractivity contribution is -0.116. The second-order valence-electron chi connectivity index (χ2n) is 6.33. The number of amides is 1. The largest absolute Gasteiger partial charge is 0.497 e. The molecule has 3 aromatic rings. The molecule has 1 N–H and O–H groups in total. The maximum absolute atomic E-state index is 13.2. The number of carbonyl (C=O) groups is 1. The third-order valence-electron chi connectivity index (χ3n) is 4.31. The molecule has 2 heterocycles. The molecule has 0 aliphatic carbocycles. The second-order valence-corrected chi connectivity index (χ2v) is 6.33. The number of pyridine rings is 1. The van der Waals surface area contributed by atoms with Crippen molar-refractivity contribution in [3.05, 3.63) is 69.6 Å². The first-order chi connectivity index (χ1) is 14.5. The van der Waals surface area contributed by atoms with Crippen LogP contribution in [0.4, 0.5) is 0 Å². The summed E-state index contributed by atoms with van der Waals surface area (Å²) in [6.07, 6.45) is 2.78. The molecule has 0 fully saturated rings. The van der Waals surface area contributed by atoms with Crippen molar-refractivity contribution < 1.29 is 14.3 Å². The van der Waals surface area contributed by atoms with Gasteiger partial charge in [-0.3, -0.25) is 14.0 Å². The Labute approximate surface area is 173 Å². The summed E-state index contributed by atoms with van der Waals surface area (Å²) in [5.74, 6) is 0.486. The molecule has 8 heteroatoms. The standard InChI is InChI=1S/C22H20N4O4/c1-4-24-20(27)15(13-23)12-18-21(30-17-9-7-16(29-3)8-10-17)25-19-14(2)6-5-11-26(19)22(18)28/h5-12H,4H2,1-3H3,(H,24,27)/b15-12+. The lowest BCUT2D eigenvalue weighted by Gasteiger charge is -2.12. The van der Waals surface area contributed by atoms with Gasteiger partial charge in [0.1, 0.15) is 34.4 Å². The summed E-state index contributed by atoms with van der Waals surface area (Å²) < 4.78 is 12.4.